The zero-order chi connectivity index (χ0) is 7.56. The molecule has 1 saturated heterocycles. The number of alkyl halides is 1. The Morgan fingerprint density at radius 1 is 1.60 bits per heavy atom. The Morgan fingerprint density at radius 3 is 2.80 bits per heavy atom. The minimum absolute atomic E-state index is 0.0961. The van der Waals surface area contributed by atoms with Crippen LogP contribution in [0.2, 0.25) is 0 Å². The van der Waals surface area contributed by atoms with E-state index >= 15 is 0 Å². The van der Waals surface area contributed by atoms with Crippen molar-refractivity contribution in [1.82, 2.24) is 0 Å². The molecule has 0 radical (unpaired) electrons. The van der Waals surface area contributed by atoms with Gasteiger partial charge < -0.3 is 4.74 Å². The highest BCUT2D eigenvalue weighted by atomic mass is 19.1. The van der Waals surface area contributed by atoms with Gasteiger partial charge in [-0.15, -0.1) is 0 Å². The van der Waals surface area contributed by atoms with Crippen LogP contribution in [0.3, 0.4) is 0 Å². The highest BCUT2D eigenvalue weighted by molar-refractivity contribution is 4.77. The molecule has 1 heterocycles. The number of hydrogen-bond donors (Lipinski definition) is 0. The molecule has 0 saturated carbocycles. The van der Waals surface area contributed by atoms with E-state index in [0.29, 0.717) is 13.0 Å². The van der Waals surface area contributed by atoms with E-state index in [4.69, 9.17) is 4.74 Å². The topological polar surface area (TPSA) is 9.23 Å². The van der Waals surface area contributed by atoms with E-state index in [-0.39, 0.29) is 12.0 Å². The van der Waals surface area contributed by atoms with Gasteiger partial charge in [-0.2, -0.15) is 0 Å². The molecule has 0 aliphatic carbocycles. The molecule has 0 aromatic carbocycles. The van der Waals surface area contributed by atoms with Crippen LogP contribution in [0.25, 0.3) is 0 Å². The molecule has 1 nitrogen and oxygen atoms in total. The summed E-state index contributed by atoms with van der Waals surface area (Å²) in [4.78, 5) is 0. The maximum Gasteiger partial charge on any atom is 0.107 e. The standard InChI is InChI=1S/C8H15FO/c1-3-8-6(2)7(9)4-5-10-8/h6-8H,3-5H2,1-2H3. The lowest BCUT2D eigenvalue weighted by molar-refractivity contribution is -0.0602. The fourth-order valence-electron chi connectivity index (χ4n) is 1.47. The zero-order valence-electron chi connectivity index (χ0n) is 6.64. The van der Waals surface area contributed by atoms with E-state index in [2.05, 4.69) is 0 Å². The molecule has 1 aliphatic rings. The van der Waals surface area contributed by atoms with Crippen LogP contribution in [0.4, 0.5) is 4.39 Å². The number of halogens is 1. The first-order chi connectivity index (χ1) is 4.75. The molecular weight excluding hydrogens is 131 g/mol. The summed E-state index contributed by atoms with van der Waals surface area (Å²) in [5.74, 6) is 0.0961. The van der Waals surface area contributed by atoms with E-state index in [9.17, 15) is 4.39 Å². The van der Waals surface area contributed by atoms with Crippen molar-refractivity contribution < 1.29 is 9.13 Å². The van der Waals surface area contributed by atoms with Gasteiger partial charge in [0.2, 0.25) is 0 Å². The summed E-state index contributed by atoms with van der Waals surface area (Å²) >= 11 is 0. The normalized spacial score (nSPS) is 41.7. The smallest absolute Gasteiger partial charge is 0.107 e. The summed E-state index contributed by atoms with van der Waals surface area (Å²) < 4.78 is 18.3. The van der Waals surface area contributed by atoms with E-state index in [0.717, 1.165) is 6.42 Å². The molecule has 0 amide bonds. The summed E-state index contributed by atoms with van der Waals surface area (Å²) in [7, 11) is 0. The fourth-order valence-corrected chi connectivity index (χ4v) is 1.47. The molecule has 1 aliphatic heterocycles. The van der Waals surface area contributed by atoms with Crippen molar-refractivity contribution in [3.63, 3.8) is 0 Å². The van der Waals surface area contributed by atoms with Crippen molar-refractivity contribution in [3.8, 4) is 0 Å². The lowest BCUT2D eigenvalue weighted by Gasteiger charge is -2.31. The van der Waals surface area contributed by atoms with Crippen LogP contribution < -0.4 is 0 Å². The summed E-state index contributed by atoms with van der Waals surface area (Å²) in [6.45, 7) is 4.57. The van der Waals surface area contributed by atoms with Gasteiger partial charge in [-0.05, 0) is 6.42 Å². The van der Waals surface area contributed by atoms with Crippen LogP contribution in [0.1, 0.15) is 26.7 Å². The molecule has 60 valence electrons. The molecule has 1 fully saturated rings. The highest BCUT2D eigenvalue weighted by Crippen LogP contribution is 2.25. The Labute approximate surface area is 61.6 Å². The van der Waals surface area contributed by atoms with Crippen LogP contribution in [-0.4, -0.2) is 18.9 Å². The van der Waals surface area contributed by atoms with Crippen LogP contribution in [0.5, 0.6) is 0 Å². The summed E-state index contributed by atoms with van der Waals surface area (Å²) in [6, 6.07) is 0. The van der Waals surface area contributed by atoms with Gasteiger partial charge >= 0.3 is 0 Å². The van der Waals surface area contributed by atoms with Gasteiger partial charge in [0.1, 0.15) is 6.17 Å². The van der Waals surface area contributed by atoms with Crippen LogP contribution in [-0.2, 0) is 4.74 Å². The van der Waals surface area contributed by atoms with Crippen molar-refractivity contribution in [3.05, 3.63) is 0 Å². The molecule has 0 N–H and O–H groups in total. The second-order valence-electron chi connectivity index (χ2n) is 2.98. The SMILES string of the molecule is CCC1OCCC(F)C1C. The summed E-state index contributed by atoms with van der Waals surface area (Å²) in [5, 5.41) is 0. The lowest BCUT2D eigenvalue weighted by Crippen LogP contribution is -2.35. The van der Waals surface area contributed by atoms with Crippen LogP contribution in [0, 0.1) is 5.92 Å². The molecule has 3 unspecified atom stereocenters. The van der Waals surface area contributed by atoms with E-state index in [1.165, 1.54) is 0 Å². The second-order valence-corrected chi connectivity index (χ2v) is 2.98. The van der Waals surface area contributed by atoms with Crippen molar-refractivity contribution in [2.24, 2.45) is 5.92 Å². The average Bonchev–Trinajstić information content (AvgIpc) is 1.95. The van der Waals surface area contributed by atoms with Crippen molar-refractivity contribution in [2.75, 3.05) is 6.61 Å². The molecule has 0 aromatic heterocycles. The van der Waals surface area contributed by atoms with Gasteiger partial charge in [-0.25, -0.2) is 4.39 Å². The molecule has 1 rings (SSSR count). The Kier molecular flexibility index (Phi) is 2.66. The Bertz CT molecular complexity index is 105. The molecule has 3 atom stereocenters. The highest BCUT2D eigenvalue weighted by Gasteiger charge is 2.28. The zero-order valence-corrected chi connectivity index (χ0v) is 6.64. The largest absolute Gasteiger partial charge is 0.378 e. The van der Waals surface area contributed by atoms with Gasteiger partial charge in [0.15, 0.2) is 0 Å². The van der Waals surface area contributed by atoms with Crippen LogP contribution in [0.15, 0.2) is 0 Å². The Morgan fingerprint density at radius 2 is 2.30 bits per heavy atom. The van der Waals surface area contributed by atoms with Gasteiger partial charge in [0.25, 0.3) is 0 Å². The first-order valence-electron chi connectivity index (χ1n) is 4.01. The van der Waals surface area contributed by atoms with Crippen molar-refractivity contribution in [1.29, 1.82) is 0 Å². The minimum Gasteiger partial charge on any atom is -0.378 e. The average molecular weight is 146 g/mol. The molecule has 0 spiro atoms. The van der Waals surface area contributed by atoms with Gasteiger partial charge in [-0.3, -0.25) is 0 Å². The maximum atomic E-state index is 12.9. The van der Waals surface area contributed by atoms with Gasteiger partial charge in [-0.1, -0.05) is 13.8 Å². The summed E-state index contributed by atoms with van der Waals surface area (Å²) in [5.41, 5.74) is 0. The quantitative estimate of drug-likeness (QED) is 0.550. The monoisotopic (exact) mass is 146 g/mol. The fraction of sp³-hybridized carbons (Fsp3) is 1.00. The second kappa shape index (κ2) is 3.33. The van der Waals surface area contributed by atoms with E-state index < -0.39 is 6.17 Å². The molecular formula is C8H15FO. The van der Waals surface area contributed by atoms with E-state index in [1.807, 2.05) is 13.8 Å². The Balaban J connectivity index is 2.42. The molecule has 0 bridgehead atoms. The molecule has 10 heavy (non-hydrogen) atoms. The molecule has 0 aromatic rings. The molecule has 2 heteroatoms. The van der Waals surface area contributed by atoms with Crippen LogP contribution >= 0.6 is 0 Å². The van der Waals surface area contributed by atoms with Crippen molar-refractivity contribution >= 4 is 0 Å². The third kappa shape index (κ3) is 1.48. The third-order valence-corrected chi connectivity index (χ3v) is 2.28. The number of ether oxygens (including phenoxy) is 1. The van der Waals surface area contributed by atoms with Crippen molar-refractivity contribution in [2.45, 2.75) is 39.0 Å². The first-order valence-corrected chi connectivity index (χ1v) is 4.01. The minimum atomic E-state index is -0.640. The number of hydrogen-bond acceptors (Lipinski definition) is 1. The maximum absolute atomic E-state index is 12.9. The predicted octanol–water partition coefficient (Wildman–Crippen LogP) is 2.16. The Hall–Kier alpha value is -0.110. The third-order valence-electron chi connectivity index (χ3n) is 2.28. The van der Waals surface area contributed by atoms with Gasteiger partial charge in [0, 0.05) is 18.9 Å². The lowest BCUT2D eigenvalue weighted by atomic mass is 9.93. The van der Waals surface area contributed by atoms with Gasteiger partial charge in [0.05, 0.1) is 6.10 Å². The summed E-state index contributed by atoms with van der Waals surface area (Å²) in [6.07, 6.45) is 1.03. The van der Waals surface area contributed by atoms with E-state index in [1.54, 1.807) is 0 Å². The first kappa shape index (κ1) is 7.99. The number of rotatable bonds is 1. The predicted molar refractivity (Wildman–Crippen MR) is 38.7 cm³/mol.